The quantitative estimate of drug-likeness (QED) is 0.735. The number of anilines is 1. The van der Waals surface area contributed by atoms with Gasteiger partial charge in [0.2, 0.25) is 5.91 Å². The summed E-state index contributed by atoms with van der Waals surface area (Å²) in [7, 11) is 0. The van der Waals surface area contributed by atoms with Gasteiger partial charge in [0.15, 0.2) is 6.61 Å². The molecule has 1 heterocycles. The molecule has 1 aromatic heterocycles. The summed E-state index contributed by atoms with van der Waals surface area (Å²) in [4.78, 5) is 37.5. The van der Waals surface area contributed by atoms with Gasteiger partial charge < -0.3 is 15.4 Å². The molecule has 0 unspecified atom stereocenters. The molecule has 28 heavy (non-hydrogen) atoms. The van der Waals surface area contributed by atoms with Crippen LogP contribution in [0.4, 0.5) is 5.00 Å². The Kier molecular flexibility index (Phi) is 4.98. The highest BCUT2D eigenvalue weighted by molar-refractivity contribution is 7.16. The van der Waals surface area contributed by atoms with Crippen LogP contribution >= 0.6 is 11.3 Å². The minimum Gasteiger partial charge on any atom is -0.452 e. The Labute approximate surface area is 169 Å². The van der Waals surface area contributed by atoms with Crippen LogP contribution in [0.2, 0.25) is 0 Å². The highest BCUT2D eigenvalue weighted by atomic mass is 32.1. The molecule has 7 heteroatoms. The Bertz CT molecular complexity index is 793. The van der Waals surface area contributed by atoms with Crippen LogP contribution < -0.4 is 10.6 Å². The minimum absolute atomic E-state index is 0.0888. The molecule has 2 N–H and O–H groups in total. The van der Waals surface area contributed by atoms with E-state index in [0.717, 1.165) is 47.5 Å². The lowest BCUT2D eigenvalue weighted by atomic mass is 9.53. The summed E-state index contributed by atoms with van der Waals surface area (Å²) in [6.45, 7) is 4.83. The number of aryl methyl sites for hydroxylation is 1. The fraction of sp³-hybridized carbons (Fsp3) is 0.667. The number of ether oxygens (including phenoxy) is 1. The number of hydrogen-bond acceptors (Lipinski definition) is 5. The summed E-state index contributed by atoms with van der Waals surface area (Å²) >= 11 is 1.34. The van der Waals surface area contributed by atoms with Gasteiger partial charge in [-0.3, -0.25) is 9.59 Å². The Morgan fingerprint density at radius 2 is 1.64 bits per heavy atom. The molecule has 0 atom stereocenters. The van der Waals surface area contributed by atoms with Gasteiger partial charge in [0.25, 0.3) is 5.91 Å². The molecular formula is C21H28N2O4S. The van der Waals surface area contributed by atoms with E-state index in [4.69, 9.17) is 4.74 Å². The first-order chi connectivity index (χ1) is 13.2. The standard InChI is InChI=1S/C21H28N2O4S/c1-11-12(2)28-19(22-13(3)24)18(11)20(26)27-10-17(25)23-21-7-14-4-15(8-21)6-16(5-14)9-21/h14-16H,4-10H2,1-3H3,(H,22,24)(H,23,25). The first-order valence-electron chi connectivity index (χ1n) is 10.1. The molecule has 0 radical (unpaired) electrons. The molecule has 152 valence electrons. The molecule has 4 fully saturated rings. The topological polar surface area (TPSA) is 84.5 Å². The molecule has 4 saturated carbocycles. The molecule has 4 bridgehead atoms. The van der Waals surface area contributed by atoms with Crippen LogP contribution in [0.1, 0.15) is 66.2 Å². The highest BCUT2D eigenvalue weighted by Crippen LogP contribution is 2.55. The average Bonchev–Trinajstić information content (AvgIpc) is 2.84. The van der Waals surface area contributed by atoms with E-state index in [1.54, 1.807) is 0 Å². The zero-order valence-electron chi connectivity index (χ0n) is 16.7. The van der Waals surface area contributed by atoms with Gasteiger partial charge in [-0.1, -0.05) is 0 Å². The number of nitrogens with one attached hydrogen (secondary N) is 2. The van der Waals surface area contributed by atoms with E-state index < -0.39 is 5.97 Å². The predicted molar refractivity (Wildman–Crippen MR) is 107 cm³/mol. The number of carbonyl (C=O) groups is 3. The van der Waals surface area contributed by atoms with Crippen molar-refractivity contribution in [1.82, 2.24) is 5.32 Å². The maximum absolute atomic E-state index is 12.6. The lowest BCUT2D eigenvalue weighted by molar-refractivity contribution is -0.130. The van der Waals surface area contributed by atoms with Crippen molar-refractivity contribution in [3.63, 3.8) is 0 Å². The number of thiophene rings is 1. The van der Waals surface area contributed by atoms with Crippen molar-refractivity contribution in [3.05, 3.63) is 16.0 Å². The second-order valence-corrected chi connectivity index (χ2v) is 10.2. The van der Waals surface area contributed by atoms with Crippen LogP contribution in [0, 0.1) is 31.6 Å². The van der Waals surface area contributed by atoms with Gasteiger partial charge in [-0.15, -0.1) is 11.3 Å². The summed E-state index contributed by atoms with van der Waals surface area (Å²) in [5.74, 6) is 1.20. The van der Waals surface area contributed by atoms with Gasteiger partial charge in [0.1, 0.15) is 5.00 Å². The van der Waals surface area contributed by atoms with Gasteiger partial charge in [0.05, 0.1) is 5.56 Å². The molecule has 0 saturated heterocycles. The summed E-state index contributed by atoms with van der Waals surface area (Å²) in [6, 6.07) is 0. The molecular weight excluding hydrogens is 376 g/mol. The smallest absolute Gasteiger partial charge is 0.341 e. The zero-order valence-corrected chi connectivity index (χ0v) is 17.5. The van der Waals surface area contributed by atoms with Crippen molar-refractivity contribution in [2.45, 2.75) is 64.8 Å². The number of rotatable bonds is 5. The van der Waals surface area contributed by atoms with E-state index >= 15 is 0 Å². The highest BCUT2D eigenvalue weighted by Gasteiger charge is 2.51. The largest absolute Gasteiger partial charge is 0.452 e. The summed E-state index contributed by atoms with van der Waals surface area (Å²) in [5.41, 5.74) is 1.04. The van der Waals surface area contributed by atoms with Crippen LogP contribution in [-0.2, 0) is 14.3 Å². The number of hydrogen-bond donors (Lipinski definition) is 2. The maximum Gasteiger partial charge on any atom is 0.341 e. The molecule has 0 aliphatic heterocycles. The third kappa shape index (κ3) is 3.69. The molecule has 6 nitrogen and oxygen atoms in total. The summed E-state index contributed by atoms with van der Waals surface area (Å²) < 4.78 is 5.32. The Balaban J connectivity index is 1.38. The van der Waals surface area contributed by atoms with E-state index in [2.05, 4.69) is 10.6 Å². The molecule has 5 rings (SSSR count). The van der Waals surface area contributed by atoms with E-state index in [9.17, 15) is 14.4 Å². The van der Waals surface area contributed by atoms with E-state index in [1.807, 2.05) is 13.8 Å². The number of amides is 2. The molecule has 2 amide bonds. The Hall–Kier alpha value is -1.89. The molecule has 1 aromatic rings. The van der Waals surface area contributed by atoms with E-state index in [-0.39, 0.29) is 24.0 Å². The lowest BCUT2D eigenvalue weighted by Crippen LogP contribution is -2.60. The van der Waals surface area contributed by atoms with Gasteiger partial charge in [-0.2, -0.15) is 0 Å². The fourth-order valence-electron chi connectivity index (χ4n) is 5.92. The van der Waals surface area contributed by atoms with Crippen molar-refractivity contribution < 1.29 is 19.1 Å². The van der Waals surface area contributed by atoms with Crippen LogP contribution in [0.3, 0.4) is 0 Å². The van der Waals surface area contributed by atoms with Gasteiger partial charge in [0, 0.05) is 17.3 Å². The van der Waals surface area contributed by atoms with Crippen molar-refractivity contribution in [1.29, 1.82) is 0 Å². The Morgan fingerprint density at radius 3 is 2.18 bits per heavy atom. The van der Waals surface area contributed by atoms with Crippen LogP contribution in [-0.4, -0.2) is 29.9 Å². The predicted octanol–water partition coefficient (Wildman–Crippen LogP) is 3.57. The summed E-state index contributed by atoms with van der Waals surface area (Å²) in [5, 5.41) is 6.38. The lowest BCUT2D eigenvalue weighted by Gasteiger charge is -2.56. The molecule has 4 aliphatic rings. The van der Waals surface area contributed by atoms with Crippen LogP contribution in [0.15, 0.2) is 0 Å². The molecule has 4 aliphatic carbocycles. The van der Waals surface area contributed by atoms with Gasteiger partial charge >= 0.3 is 5.97 Å². The number of carbonyl (C=O) groups excluding carboxylic acids is 3. The van der Waals surface area contributed by atoms with Crippen molar-refractivity contribution >= 4 is 34.1 Å². The maximum atomic E-state index is 12.6. The van der Waals surface area contributed by atoms with Gasteiger partial charge in [-0.05, 0) is 75.7 Å². The normalized spacial score (nSPS) is 30.2. The van der Waals surface area contributed by atoms with Crippen molar-refractivity contribution in [2.75, 3.05) is 11.9 Å². The number of esters is 1. The Morgan fingerprint density at radius 1 is 1.07 bits per heavy atom. The van der Waals surface area contributed by atoms with Crippen LogP contribution in [0.5, 0.6) is 0 Å². The molecule has 0 spiro atoms. The minimum atomic E-state index is -0.564. The molecule has 0 aromatic carbocycles. The second-order valence-electron chi connectivity index (χ2n) is 8.99. The SMILES string of the molecule is CC(=O)Nc1sc(C)c(C)c1C(=O)OCC(=O)NC12CC3CC(CC(C3)C1)C2. The van der Waals surface area contributed by atoms with Crippen molar-refractivity contribution in [3.8, 4) is 0 Å². The summed E-state index contributed by atoms with van der Waals surface area (Å²) in [6.07, 6.45) is 7.13. The first kappa shape index (κ1) is 19.4. The zero-order chi connectivity index (χ0) is 20.1. The fourth-order valence-corrected chi connectivity index (χ4v) is 7.01. The third-order valence-electron chi connectivity index (χ3n) is 6.66. The average molecular weight is 405 g/mol. The van der Waals surface area contributed by atoms with E-state index in [1.165, 1.54) is 37.5 Å². The van der Waals surface area contributed by atoms with Crippen LogP contribution in [0.25, 0.3) is 0 Å². The monoisotopic (exact) mass is 404 g/mol. The van der Waals surface area contributed by atoms with Gasteiger partial charge in [-0.25, -0.2) is 4.79 Å². The van der Waals surface area contributed by atoms with Crippen molar-refractivity contribution in [2.24, 2.45) is 17.8 Å². The van der Waals surface area contributed by atoms with E-state index in [0.29, 0.717) is 10.6 Å². The second kappa shape index (κ2) is 7.17. The third-order valence-corrected chi connectivity index (χ3v) is 7.78. The first-order valence-corrected chi connectivity index (χ1v) is 10.9.